The van der Waals surface area contributed by atoms with Gasteiger partial charge in [-0.25, -0.2) is 4.79 Å². The highest BCUT2D eigenvalue weighted by atomic mass is 16.6. The molecular formula is C11H10N4O4. The number of imide groups is 1. The Kier molecular flexibility index (Phi) is 3.51. The molecule has 2 N–H and O–H groups in total. The van der Waals surface area contributed by atoms with Crippen LogP contribution in [0.3, 0.4) is 0 Å². The molecule has 19 heavy (non-hydrogen) atoms. The molecule has 0 saturated carbocycles. The second-order valence-corrected chi connectivity index (χ2v) is 3.85. The molecule has 1 fully saturated rings. The average molecular weight is 262 g/mol. The predicted molar refractivity (Wildman–Crippen MR) is 66.0 cm³/mol. The number of aliphatic imine (C=N–C) groups is 1. The maximum atomic E-state index is 11.4. The SMILES string of the molecule is O=C1NCC(N=Cc2cccc([N+](=O)[O-])c2)C(=O)N1. The number of non-ortho nitro benzene ring substituents is 1. The van der Waals surface area contributed by atoms with Crippen LogP contribution >= 0.6 is 0 Å². The van der Waals surface area contributed by atoms with E-state index in [4.69, 9.17) is 0 Å². The molecule has 3 amide bonds. The minimum Gasteiger partial charge on any atom is -0.335 e. The Morgan fingerprint density at radius 1 is 1.42 bits per heavy atom. The second kappa shape index (κ2) is 5.25. The van der Waals surface area contributed by atoms with Gasteiger partial charge in [-0.2, -0.15) is 0 Å². The van der Waals surface area contributed by atoms with E-state index in [2.05, 4.69) is 15.6 Å². The molecule has 1 atom stereocenters. The van der Waals surface area contributed by atoms with Crippen LogP contribution in [0.1, 0.15) is 5.56 Å². The number of carbonyl (C=O) groups is 2. The Morgan fingerprint density at radius 3 is 2.89 bits per heavy atom. The number of carbonyl (C=O) groups excluding carboxylic acids is 2. The van der Waals surface area contributed by atoms with Gasteiger partial charge in [0, 0.05) is 18.3 Å². The van der Waals surface area contributed by atoms with Crippen molar-refractivity contribution < 1.29 is 14.5 Å². The summed E-state index contributed by atoms with van der Waals surface area (Å²) >= 11 is 0. The Balaban J connectivity index is 2.10. The quantitative estimate of drug-likeness (QED) is 0.460. The van der Waals surface area contributed by atoms with Crippen molar-refractivity contribution in [1.82, 2.24) is 10.6 Å². The largest absolute Gasteiger partial charge is 0.335 e. The third-order valence-corrected chi connectivity index (χ3v) is 2.48. The van der Waals surface area contributed by atoms with Crippen LogP contribution < -0.4 is 10.6 Å². The highest BCUT2D eigenvalue weighted by Crippen LogP contribution is 2.11. The summed E-state index contributed by atoms with van der Waals surface area (Å²) in [5.41, 5.74) is 0.462. The molecule has 8 heteroatoms. The molecule has 0 aromatic heterocycles. The van der Waals surface area contributed by atoms with E-state index in [1.165, 1.54) is 24.4 Å². The molecule has 1 heterocycles. The molecule has 0 aliphatic carbocycles. The monoisotopic (exact) mass is 262 g/mol. The molecule has 1 unspecified atom stereocenters. The van der Waals surface area contributed by atoms with Crippen LogP contribution in [0.4, 0.5) is 10.5 Å². The summed E-state index contributed by atoms with van der Waals surface area (Å²) in [4.78, 5) is 36.3. The third kappa shape index (κ3) is 3.12. The molecule has 1 aliphatic heterocycles. The summed E-state index contributed by atoms with van der Waals surface area (Å²) in [5.74, 6) is -0.495. The fourth-order valence-corrected chi connectivity index (χ4v) is 1.54. The fraction of sp³-hybridized carbons (Fsp3) is 0.182. The van der Waals surface area contributed by atoms with Crippen LogP contribution in [0.5, 0.6) is 0 Å². The minimum absolute atomic E-state index is 0.0506. The molecular weight excluding hydrogens is 252 g/mol. The van der Waals surface area contributed by atoms with Crippen molar-refractivity contribution in [2.45, 2.75) is 6.04 Å². The van der Waals surface area contributed by atoms with Crippen LogP contribution in [0.25, 0.3) is 0 Å². The Hall–Kier alpha value is -2.77. The Bertz CT molecular complexity index is 570. The van der Waals surface area contributed by atoms with Gasteiger partial charge in [0.25, 0.3) is 11.6 Å². The zero-order chi connectivity index (χ0) is 13.8. The van der Waals surface area contributed by atoms with Crippen molar-refractivity contribution in [3.05, 3.63) is 39.9 Å². The first-order chi connectivity index (χ1) is 9.06. The number of nitrogens with one attached hydrogen (secondary N) is 2. The zero-order valence-corrected chi connectivity index (χ0v) is 9.70. The summed E-state index contributed by atoms with van der Waals surface area (Å²) in [6.45, 7) is 0.107. The number of nitrogens with zero attached hydrogens (tertiary/aromatic N) is 2. The summed E-state index contributed by atoms with van der Waals surface area (Å²) in [7, 11) is 0. The lowest BCUT2D eigenvalue weighted by Crippen LogP contribution is -2.54. The predicted octanol–water partition coefficient (Wildman–Crippen LogP) is 0.222. The van der Waals surface area contributed by atoms with Crippen LogP contribution in [0.15, 0.2) is 29.3 Å². The normalized spacial score (nSPS) is 19.1. The van der Waals surface area contributed by atoms with Crippen molar-refractivity contribution in [2.24, 2.45) is 4.99 Å². The van der Waals surface area contributed by atoms with Crippen molar-refractivity contribution >= 4 is 23.8 Å². The number of nitro benzene ring substituents is 1. The summed E-state index contributed by atoms with van der Waals surface area (Å²) in [6, 6.07) is 4.61. The zero-order valence-electron chi connectivity index (χ0n) is 9.70. The van der Waals surface area contributed by atoms with Gasteiger partial charge in [-0.1, -0.05) is 12.1 Å². The maximum absolute atomic E-state index is 11.4. The summed E-state index contributed by atoms with van der Waals surface area (Å²) in [5, 5.41) is 15.1. The van der Waals surface area contributed by atoms with Gasteiger partial charge < -0.3 is 5.32 Å². The first-order valence-corrected chi connectivity index (χ1v) is 5.42. The molecule has 1 aromatic rings. The number of benzene rings is 1. The maximum Gasteiger partial charge on any atom is 0.321 e. The average Bonchev–Trinajstić information content (AvgIpc) is 2.38. The number of hydrogen-bond donors (Lipinski definition) is 2. The van der Waals surface area contributed by atoms with E-state index in [1.807, 2.05) is 0 Å². The fourth-order valence-electron chi connectivity index (χ4n) is 1.54. The number of amides is 3. The number of urea groups is 1. The van der Waals surface area contributed by atoms with Crippen molar-refractivity contribution in [3.63, 3.8) is 0 Å². The van der Waals surface area contributed by atoms with Gasteiger partial charge in [-0.3, -0.25) is 25.2 Å². The van der Waals surface area contributed by atoms with Gasteiger partial charge in [0.05, 0.1) is 11.5 Å². The molecule has 98 valence electrons. The van der Waals surface area contributed by atoms with Gasteiger partial charge in [0.15, 0.2) is 0 Å². The van der Waals surface area contributed by atoms with Gasteiger partial charge in [0.1, 0.15) is 6.04 Å². The van der Waals surface area contributed by atoms with Crippen LogP contribution in [0, 0.1) is 10.1 Å². The highest BCUT2D eigenvalue weighted by Gasteiger charge is 2.24. The van der Waals surface area contributed by atoms with Gasteiger partial charge in [0.2, 0.25) is 0 Å². The first-order valence-electron chi connectivity index (χ1n) is 5.42. The first kappa shape index (κ1) is 12.7. The van der Waals surface area contributed by atoms with Gasteiger partial charge in [-0.05, 0) is 5.56 Å². The highest BCUT2D eigenvalue weighted by molar-refractivity contribution is 6.00. The Morgan fingerprint density at radius 2 is 2.21 bits per heavy atom. The van der Waals surface area contributed by atoms with E-state index < -0.39 is 22.9 Å². The molecule has 2 rings (SSSR count). The van der Waals surface area contributed by atoms with E-state index in [0.717, 1.165) is 0 Å². The molecule has 1 aromatic carbocycles. The lowest BCUT2D eigenvalue weighted by molar-refractivity contribution is -0.384. The van der Waals surface area contributed by atoms with Gasteiger partial charge in [-0.15, -0.1) is 0 Å². The standard InChI is InChI=1S/C11H10N4O4/c16-10-9(6-13-11(17)14-10)12-5-7-2-1-3-8(4-7)15(18)19/h1-5,9H,6H2,(H2,13,14,16,17). The van der Waals surface area contributed by atoms with E-state index in [0.29, 0.717) is 5.56 Å². The van der Waals surface area contributed by atoms with E-state index >= 15 is 0 Å². The number of nitro groups is 1. The minimum atomic E-state index is -0.725. The molecule has 1 aliphatic rings. The van der Waals surface area contributed by atoms with Crippen molar-refractivity contribution in [2.75, 3.05) is 6.54 Å². The van der Waals surface area contributed by atoms with Crippen molar-refractivity contribution in [3.8, 4) is 0 Å². The third-order valence-electron chi connectivity index (χ3n) is 2.48. The van der Waals surface area contributed by atoms with Crippen LogP contribution in [0.2, 0.25) is 0 Å². The Labute approximate surface area is 107 Å². The van der Waals surface area contributed by atoms with Gasteiger partial charge >= 0.3 is 6.03 Å². The molecule has 0 spiro atoms. The number of hydrogen-bond acceptors (Lipinski definition) is 5. The summed E-state index contributed by atoms with van der Waals surface area (Å²) < 4.78 is 0. The second-order valence-electron chi connectivity index (χ2n) is 3.85. The van der Waals surface area contributed by atoms with E-state index in [1.54, 1.807) is 6.07 Å². The van der Waals surface area contributed by atoms with E-state index in [9.17, 15) is 19.7 Å². The van der Waals surface area contributed by atoms with Crippen LogP contribution in [-0.2, 0) is 4.79 Å². The molecule has 8 nitrogen and oxygen atoms in total. The molecule has 0 radical (unpaired) electrons. The lowest BCUT2D eigenvalue weighted by atomic mass is 10.2. The summed E-state index contributed by atoms with van der Waals surface area (Å²) in [6.07, 6.45) is 1.37. The molecule has 1 saturated heterocycles. The van der Waals surface area contributed by atoms with Crippen LogP contribution in [-0.4, -0.2) is 35.7 Å². The molecule has 0 bridgehead atoms. The topological polar surface area (TPSA) is 114 Å². The van der Waals surface area contributed by atoms with E-state index in [-0.39, 0.29) is 12.2 Å². The van der Waals surface area contributed by atoms with Crippen molar-refractivity contribution in [1.29, 1.82) is 0 Å². The lowest BCUT2D eigenvalue weighted by Gasteiger charge is -2.18. The number of rotatable bonds is 3. The smallest absolute Gasteiger partial charge is 0.321 e.